The van der Waals surface area contributed by atoms with Gasteiger partial charge in [-0.15, -0.1) is 13.2 Å². The van der Waals surface area contributed by atoms with Crippen LogP contribution >= 0.6 is 0 Å². The minimum Gasteiger partial charge on any atom is -0.256 e. The molecule has 8 heteroatoms. The molecule has 0 atom stereocenters. The zero-order chi connectivity index (χ0) is 19.4. The molecule has 0 aliphatic rings. The molecule has 0 amide bonds. The number of fused-ring (bicyclic) bond motifs is 3. The van der Waals surface area contributed by atoms with Crippen LogP contribution in [0.4, 0.5) is 26.3 Å². The van der Waals surface area contributed by atoms with Crippen molar-refractivity contribution in [1.82, 2.24) is 9.55 Å². The quantitative estimate of drug-likeness (QED) is 0.352. The van der Waals surface area contributed by atoms with Crippen LogP contribution in [0.1, 0.15) is 5.56 Å². The Bertz CT molecular complexity index is 1140. The molecular weight excluding hydrogens is 370 g/mol. The Morgan fingerprint density at radius 1 is 0.778 bits per heavy atom. The molecule has 0 N–H and O–H groups in total. The van der Waals surface area contributed by atoms with Gasteiger partial charge in [0.1, 0.15) is 0 Å². The first-order valence-electron chi connectivity index (χ1n) is 7.81. The first kappa shape index (κ1) is 17.4. The monoisotopic (exact) mass is 380 g/mol. The summed E-state index contributed by atoms with van der Waals surface area (Å²) in [5, 5.41) is -0.0356. The van der Waals surface area contributed by atoms with Crippen LogP contribution in [-0.4, -0.2) is 9.55 Å². The number of hydrogen-bond acceptors (Lipinski definition) is 1. The number of hydrogen-bond donors (Lipinski definition) is 0. The van der Waals surface area contributed by atoms with Gasteiger partial charge >= 0.3 is 12.5 Å². The lowest BCUT2D eigenvalue weighted by Gasteiger charge is -2.14. The van der Waals surface area contributed by atoms with E-state index in [0.29, 0.717) is 11.8 Å². The van der Waals surface area contributed by atoms with E-state index in [1.54, 1.807) is 18.2 Å². The van der Waals surface area contributed by atoms with Crippen molar-refractivity contribution in [3.63, 3.8) is 0 Å². The van der Waals surface area contributed by atoms with Crippen molar-refractivity contribution < 1.29 is 26.3 Å². The normalized spacial score (nSPS) is 12.8. The minimum absolute atomic E-state index is 0.0802. The molecule has 2 heterocycles. The molecule has 0 bridgehead atoms. The third-order valence-electron chi connectivity index (χ3n) is 4.31. The first-order valence-corrected chi connectivity index (χ1v) is 7.81. The van der Waals surface area contributed by atoms with E-state index < -0.39 is 18.0 Å². The van der Waals surface area contributed by atoms with Crippen LogP contribution in [0.25, 0.3) is 33.1 Å². The second-order valence-electron chi connectivity index (χ2n) is 5.95. The third kappa shape index (κ3) is 2.81. The van der Waals surface area contributed by atoms with E-state index in [1.807, 2.05) is 0 Å². The van der Waals surface area contributed by atoms with Crippen molar-refractivity contribution in [3.05, 3.63) is 66.4 Å². The summed E-state index contributed by atoms with van der Waals surface area (Å²) in [5.41, 5.74) is -1.07. The molecule has 0 fully saturated rings. The predicted octanol–water partition coefficient (Wildman–Crippen LogP) is 6.35. The first-order chi connectivity index (χ1) is 12.7. The zero-order valence-electron chi connectivity index (χ0n) is 13.4. The van der Waals surface area contributed by atoms with E-state index in [2.05, 4.69) is 4.98 Å². The highest BCUT2D eigenvalue weighted by Crippen LogP contribution is 2.42. The maximum Gasteiger partial charge on any atom is 0.489 e. The van der Waals surface area contributed by atoms with Gasteiger partial charge in [0.25, 0.3) is 0 Å². The van der Waals surface area contributed by atoms with Crippen molar-refractivity contribution in [2.75, 3.05) is 0 Å². The molecule has 138 valence electrons. The number of aromatic nitrogens is 2. The summed E-state index contributed by atoms with van der Waals surface area (Å²) < 4.78 is 80.8. The number of nitrogens with zero attached hydrogens (tertiary/aromatic N) is 2. The Morgan fingerprint density at radius 3 is 2.19 bits per heavy atom. The summed E-state index contributed by atoms with van der Waals surface area (Å²) in [7, 11) is 0. The fourth-order valence-electron chi connectivity index (χ4n) is 3.24. The molecule has 0 aliphatic carbocycles. The summed E-state index contributed by atoms with van der Waals surface area (Å²) in [4.78, 5) is 4.09. The maximum absolute atomic E-state index is 13.8. The van der Waals surface area contributed by atoms with E-state index >= 15 is 0 Å². The molecule has 4 aromatic rings. The summed E-state index contributed by atoms with van der Waals surface area (Å²) in [6, 6.07) is 11.4. The van der Waals surface area contributed by atoms with Crippen LogP contribution in [0.5, 0.6) is 0 Å². The predicted molar refractivity (Wildman–Crippen MR) is 89.0 cm³/mol. The Kier molecular flexibility index (Phi) is 3.69. The van der Waals surface area contributed by atoms with Gasteiger partial charge in [0.15, 0.2) is 0 Å². The fourth-order valence-corrected chi connectivity index (χ4v) is 3.24. The van der Waals surface area contributed by atoms with Crippen molar-refractivity contribution >= 4 is 21.8 Å². The van der Waals surface area contributed by atoms with Crippen LogP contribution in [0.2, 0.25) is 0 Å². The lowest BCUT2D eigenvalue weighted by atomic mass is 10.0. The van der Waals surface area contributed by atoms with Crippen molar-refractivity contribution in [2.24, 2.45) is 0 Å². The second kappa shape index (κ2) is 5.73. The van der Waals surface area contributed by atoms with Gasteiger partial charge in [-0.3, -0.25) is 9.55 Å². The highest BCUT2D eigenvalue weighted by molar-refractivity contribution is 6.12. The van der Waals surface area contributed by atoms with Crippen molar-refractivity contribution in [3.8, 4) is 11.3 Å². The molecule has 2 aromatic heterocycles. The Balaban J connectivity index is 2.18. The van der Waals surface area contributed by atoms with Gasteiger partial charge in [0, 0.05) is 22.5 Å². The third-order valence-corrected chi connectivity index (χ3v) is 4.31. The van der Waals surface area contributed by atoms with Gasteiger partial charge in [-0.05, 0) is 30.3 Å². The highest BCUT2D eigenvalue weighted by atomic mass is 19.4. The summed E-state index contributed by atoms with van der Waals surface area (Å²) >= 11 is 0. The van der Waals surface area contributed by atoms with E-state index in [-0.39, 0.29) is 31.9 Å². The Hall–Kier alpha value is -3.03. The average Bonchev–Trinajstić information content (AvgIpc) is 2.95. The van der Waals surface area contributed by atoms with Crippen LogP contribution < -0.4 is 0 Å². The number of halogens is 6. The smallest absolute Gasteiger partial charge is 0.256 e. The zero-order valence-corrected chi connectivity index (χ0v) is 13.4. The largest absolute Gasteiger partial charge is 0.489 e. The van der Waals surface area contributed by atoms with Crippen LogP contribution in [0, 0.1) is 0 Å². The number of pyridine rings is 1. The topological polar surface area (TPSA) is 17.8 Å². The second-order valence-corrected chi connectivity index (χ2v) is 5.95. The molecule has 0 radical (unpaired) electrons. The van der Waals surface area contributed by atoms with Gasteiger partial charge in [-0.1, -0.05) is 24.3 Å². The highest BCUT2D eigenvalue weighted by Gasteiger charge is 2.37. The molecule has 2 aromatic carbocycles. The maximum atomic E-state index is 13.8. The molecule has 4 rings (SSSR count). The molecule has 0 saturated carbocycles. The van der Waals surface area contributed by atoms with Gasteiger partial charge in [-0.2, -0.15) is 13.2 Å². The standard InChI is InChI=1S/C19H10F6N2/c20-18(21,22)11-7-8-16-14(10-11)12-4-3-5-13(15-6-1-2-9-26-15)17(12)27(16)19(23,24)25/h1-10H. The van der Waals surface area contributed by atoms with Gasteiger partial charge in [0.05, 0.1) is 22.3 Å². The fraction of sp³-hybridized carbons (Fsp3) is 0.105. The van der Waals surface area contributed by atoms with Crippen LogP contribution in [0.3, 0.4) is 0 Å². The van der Waals surface area contributed by atoms with Gasteiger partial charge in [0.2, 0.25) is 0 Å². The summed E-state index contributed by atoms with van der Waals surface area (Å²) in [5.74, 6) is 0. The van der Waals surface area contributed by atoms with Gasteiger partial charge in [-0.25, -0.2) is 0 Å². The molecule has 0 unspecified atom stereocenters. The molecule has 0 saturated heterocycles. The lowest BCUT2D eigenvalue weighted by molar-refractivity contribution is -0.197. The van der Waals surface area contributed by atoms with E-state index in [0.717, 1.165) is 12.1 Å². The number of rotatable bonds is 1. The van der Waals surface area contributed by atoms with E-state index in [4.69, 9.17) is 0 Å². The van der Waals surface area contributed by atoms with Crippen molar-refractivity contribution in [2.45, 2.75) is 12.5 Å². The van der Waals surface area contributed by atoms with Crippen molar-refractivity contribution in [1.29, 1.82) is 0 Å². The molecule has 2 nitrogen and oxygen atoms in total. The Morgan fingerprint density at radius 2 is 1.56 bits per heavy atom. The average molecular weight is 380 g/mol. The lowest BCUT2D eigenvalue weighted by Crippen LogP contribution is -2.16. The SMILES string of the molecule is FC(F)(F)c1ccc2c(c1)c1cccc(-c3ccccn3)c1n2C(F)(F)F. The van der Waals surface area contributed by atoms with E-state index in [1.165, 1.54) is 24.4 Å². The molecule has 27 heavy (non-hydrogen) atoms. The van der Waals surface area contributed by atoms with Crippen LogP contribution in [0.15, 0.2) is 60.8 Å². The number of para-hydroxylation sites is 1. The van der Waals surface area contributed by atoms with Crippen LogP contribution in [-0.2, 0) is 12.5 Å². The molecule has 0 spiro atoms. The number of alkyl halides is 6. The molecule has 0 aliphatic heterocycles. The van der Waals surface area contributed by atoms with Gasteiger partial charge < -0.3 is 0 Å². The summed E-state index contributed by atoms with van der Waals surface area (Å²) in [6.07, 6.45) is -8.03. The van der Waals surface area contributed by atoms with E-state index in [9.17, 15) is 26.3 Å². The summed E-state index contributed by atoms with van der Waals surface area (Å²) in [6.45, 7) is 0. The molecular formula is C19H10F6N2. The Labute approximate surface area is 148 Å². The minimum atomic E-state index is -4.81. The number of benzene rings is 2.